The van der Waals surface area contributed by atoms with Gasteiger partial charge in [-0.15, -0.1) is 0 Å². The highest BCUT2D eigenvalue weighted by Gasteiger charge is 2.31. The number of benzene rings is 1. The van der Waals surface area contributed by atoms with E-state index in [1.807, 2.05) is 0 Å². The molecule has 0 spiro atoms. The quantitative estimate of drug-likeness (QED) is 0.835. The number of carbonyl (C=O) groups excluding carboxylic acids is 2. The molecule has 0 aliphatic heterocycles. The number of hydrogen-bond donors (Lipinski definition) is 2. The Morgan fingerprint density at radius 2 is 1.96 bits per heavy atom. The number of methoxy groups -OCH3 is 1. The molecule has 24 heavy (non-hydrogen) atoms. The van der Waals surface area contributed by atoms with Crippen LogP contribution in [0.2, 0.25) is 0 Å². The predicted molar refractivity (Wildman–Crippen MR) is 91.2 cm³/mol. The first-order valence-electron chi connectivity index (χ1n) is 8.24. The molecule has 0 radical (unpaired) electrons. The summed E-state index contributed by atoms with van der Waals surface area (Å²) in [7, 11) is 1.48. The van der Waals surface area contributed by atoms with Crippen LogP contribution in [0.5, 0.6) is 11.5 Å². The van der Waals surface area contributed by atoms with Crippen LogP contribution in [-0.2, 0) is 4.79 Å². The minimum absolute atomic E-state index is 0.133. The van der Waals surface area contributed by atoms with Crippen molar-refractivity contribution >= 4 is 11.8 Å². The molecular weight excluding hydrogens is 308 g/mol. The molecule has 2 rings (SSSR count). The SMILES string of the molecule is COc1cc(C(=O)NC2(C)CCC(C)CC2)ccc1OCC(N)=O. The summed E-state index contributed by atoms with van der Waals surface area (Å²) in [4.78, 5) is 23.4. The number of ether oxygens (including phenoxy) is 2. The van der Waals surface area contributed by atoms with Gasteiger partial charge in [0, 0.05) is 11.1 Å². The van der Waals surface area contributed by atoms with Gasteiger partial charge in [0.2, 0.25) is 0 Å². The van der Waals surface area contributed by atoms with Gasteiger partial charge < -0.3 is 20.5 Å². The van der Waals surface area contributed by atoms with E-state index in [1.165, 1.54) is 7.11 Å². The maximum atomic E-state index is 12.6. The molecule has 1 aliphatic rings. The highest BCUT2D eigenvalue weighted by Crippen LogP contribution is 2.32. The molecule has 3 N–H and O–H groups in total. The molecule has 0 saturated heterocycles. The number of rotatable bonds is 6. The first-order chi connectivity index (χ1) is 11.3. The van der Waals surface area contributed by atoms with Gasteiger partial charge in [0.05, 0.1) is 7.11 Å². The standard InChI is InChI=1S/C18H26N2O4/c1-12-6-8-18(2,9-7-12)20-17(22)13-4-5-14(15(10-13)23-3)24-11-16(19)21/h4-5,10,12H,6-9,11H2,1-3H3,(H2,19,21)(H,20,22). The molecule has 0 bridgehead atoms. The van der Waals surface area contributed by atoms with Gasteiger partial charge in [-0.25, -0.2) is 0 Å². The minimum atomic E-state index is -0.571. The van der Waals surface area contributed by atoms with Crippen LogP contribution in [0.1, 0.15) is 49.9 Å². The molecule has 132 valence electrons. The zero-order valence-corrected chi connectivity index (χ0v) is 14.6. The van der Waals surface area contributed by atoms with Crippen LogP contribution >= 0.6 is 0 Å². The van der Waals surface area contributed by atoms with Crippen molar-refractivity contribution in [1.82, 2.24) is 5.32 Å². The second-order valence-electron chi connectivity index (χ2n) is 6.82. The predicted octanol–water partition coefficient (Wildman–Crippen LogP) is 2.26. The molecule has 0 unspecified atom stereocenters. The fraction of sp³-hybridized carbons (Fsp3) is 0.556. The summed E-state index contributed by atoms with van der Waals surface area (Å²) < 4.78 is 10.5. The summed E-state index contributed by atoms with van der Waals surface area (Å²) in [5.74, 6) is 0.791. The van der Waals surface area contributed by atoms with E-state index in [0.717, 1.165) is 31.6 Å². The Labute approximate surface area is 142 Å². The van der Waals surface area contributed by atoms with Gasteiger partial charge in [-0.3, -0.25) is 9.59 Å². The molecular formula is C18H26N2O4. The third-order valence-corrected chi connectivity index (χ3v) is 4.59. The average Bonchev–Trinajstić information content (AvgIpc) is 2.55. The van der Waals surface area contributed by atoms with Crippen molar-refractivity contribution < 1.29 is 19.1 Å². The molecule has 1 aliphatic carbocycles. The summed E-state index contributed by atoms with van der Waals surface area (Å²) in [6.07, 6.45) is 4.22. The molecule has 1 aromatic rings. The molecule has 6 nitrogen and oxygen atoms in total. The van der Waals surface area contributed by atoms with Crippen molar-refractivity contribution in [3.63, 3.8) is 0 Å². The third kappa shape index (κ3) is 4.63. The van der Waals surface area contributed by atoms with E-state index < -0.39 is 5.91 Å². The first-order valence-corrected chi connectivity index (χ1v) is 8.24. The van der Waals surface area contributed by atoms with Crippen molar-refractivity contribution in [3.05, 3.63) is 23.8 Å². The molecule has 1 fully saturated rings. The van der Waals surface area contributed by atoms with Crippen molar-refractivity contribution in [2.45, 2.75) is 45.1 Å². The Kier molecular flexibility index (Phi) is 5.70. The summed E-state index contributed by atoms with van der Waals surface area (Å²) in [6, 6.07) is 4.88. The van der Waals surface area contributed by atoms with Gasteiger partial charge in [0.25, 0.3) is 11.8 Å². The lowest BCUT2D eigenvalue weighted by Gasteiger charge is -2.37. The summed E-state index contributed by atoms with van der Waals surface area (Å²) in [5.41, 5.74) is 5.40. The monoisotopic (exact) mass is 334 g/mol. The lowest BCUT2D eigenvalue weighted by molar-refractivity contribution is -0.119. The van der Waals surface area contributed by atoms with E-state index in [-0.39, 0.29) is 18.1 Å². The smallest absolute Gasteiger partial charge is 0.255 e. The van der Waals surface area contributed by atoms with E-state index >= 15 is 0 Å². The Hall–Kier alpha value is -2.24. The van der Waals surface area contributed by atoms with Crippen LogP contribution in [0.25, 0.3) is 0 Å². The molecule has 0 aromatic heterocycles. The number of carbonyl (C=O) groups is 2. The Morgan fingerprint density at radius 3 is 2.54 bits per heavy atom. The van der Waals surface area contributed by atoms with Crippen molar-refractivity contribution in [3.8, 4) is 11.5 Å². The van der Waals surface area contributed by atoms with Crippen molar-refractivity contribution in [2.75, 3.05) is 13.7 Å². The molecule has 6 heteroatoms. The van der Waals surface area contributed by atoms with Crippen molar-refractivity contribution in [2.24, 2.45) is 11.7 Å². The molecule has 2 amide bonds. The fourth-order valence-corrected chi connectivity index (χ4v) is 2.95. The van der Waals surface area contributed by atoms with Crippen LogP contribution in [0.4, 0.5) is 0 Å². The Morgan fingerprint density at radius 1 is 1.29 bits per heavy atom. The molecule has 1 aromatic carbocycles. The first kappa shape index (κ1) is 18.1. The minimum Gasteiger partial charge on any atom is -0.493 e. The van der Waals surface area contributed by atoms with Crippen LogP contribution in [0, 0.1) is 5.92 Å². The summed E-state index contributed by atoms with van der Waals surface area (Å²) in [6.45, 7) is 4.10. The van der Waals surface area contributed by atoms with E-state index in [1.54, 1.807) is 18.2 Å². The lowest BCUT2D eigenvalue weighted by Crippen LogP contribution is -2.48. The highest BCUT2D eigenvalue weighted by atomic mass is 16.5. The number of nitrogens with two attached hydrogens (primary N) is 1. The molecule has 1 saturated carbocycles. The second-order valence-corrected chi connectivity index (χ2v) is 6.82. The van der Waals surface area contributed by atoms with Crippen LogP contribution in [-0.4, -0.2) is 31.1 Å². The van der Waals surface area contributed by atoms with E-state index in [9.17, 15) is 9.59 Å². The fourth-order valence-electron chi connectivity index (χ4n) is 2.95. The third-order valence-electron chi connectivity index (χ3n) is 4.59. The second kappa shape index (κ2) is 7.55. The van der Waals surface area contributed by atoms with E-state index in [0.29, 0.717) is 17.1 Å². The number of nitrogens with one attached hydrogen (secondary N) is 1. The number of primary amides is 1. The van der Waals surface area contributed by atoms with Gasteiger partial charge in [0.1, 0.15) is 0 Å². The largest absolute Gasteiger partial charge is 0.493 e. The van der Waals surface area contributed by atoms with Gasteiger partial charge in [-0.05, 0) is 56.7 Å². The zero-order valence-electron chi connectivity index (χ0n) is 14.6. The van der Waals surface area contributed by atoms with Gasteiger partial charge in [-0.2, -0.15) is 0 Å². The number of amides is 2. The van der Waals surface area contributed by atoms with Gasteiger partial charge in [0.15, 0.2) is 18.1 Å². The maximum Gasteiger partial charge on any atom is 0.255 e. The molecule has 0 heterocycles. The number of hydrogen-bond acceptors (Lipinski definition) is 4. The molecule has 0 atom stereocenters. The van der Waals surface area contributed by atoms with Crippen LogP contribution in [0.3, 0.4) is 0 Å². The topological polar surface area (TPSA) is 90.7 Å². The van der Waals surface area contributed by atoms with Crippen molar-refractivity contribution in [1.29, 1.82) is 0 Å². The lowest BCUT2D eigenvalue weighted by atomic mass is 9.78. The zero-order chi connectivity index (χ0) is 17.7. The average molecular weight is 334 g/mol. The van der Waals surface area contributed by atoms with Gasteiger partial charge in [-0.1, -0.05) is 6.92 Å². The van der Waals surface area contributed by atoms with Crippen LogP contribution < -0.4 is 20.5 Å². The Bertz CT molecular complexity index is 607. The van der Waals surface area contributed by atoms with E-state index in [2.05, 4.69) is 19.2 Å². The van der Waals surface area contributed by atoms with Crippen LogP contribution in [0.15, 0.2) is 18.2 Å². The maximum absolute atomic E-state index is 12.6. The van der Waals surface area contributed by atoms with Gasteiger partial charge >= 0.3 is 0 Å². The van der Waals surface area contributed by atoms with E-state index in [4.69, 9.17) is 15.2 Å². The highest BCUT2D eigenvalue weighted by molar-refractivity contribution is 5.95. The summed E-state index contributed by atoms with van der Waals surface area (Å²) >= 11 is 0. The normalized spacial score (nSPS) is 23.4. The Balaban J connectivity index is 2.08. The summed E-state index contributed by atoms with van der Waals surface area (Å²) in [5, 5.41) is 3.14.